The standard InChI is InChI=1S/C18H14N4O/c19-10-14(18(23)22-11-13-5-7-20-8-6-13)9-15-12-21-17-4-2-1-3-16(15)17/h1-9,12,21H,11H2,(H,22,23)/b14-9+. The van der Waals surface area contributed by atoms with Crippen molar-refractivity contribution in [2.75, 3.05) is 0 Å². The number of hydrogen-bond acceptors (Lipinski definition) is 3. The normalized spacial score (nSPS) is 11.2. The highest BCUT2D eigenvalue weighted by molar-refractivity contribution is 6.03. The van der Waals surface area contributed by atoms with Crippen LogP contribution in [0.4, 0.5) is 0 Å². The molecule has 3 aromatic rings. The number of benzene rings is 1. The minimum absolute atomic E-state index is 0.0730. The van der Waals surface area contributed by atoms with Crippen LogP contribution in [0.25, 0.3) is 17.0 Å². The summed E-state index contributed by atoms with van der Waals surface area (Å²) >= 11 is 0. The lowest BCUT2D eigenvalue weighted by Crippen LogP contribution is -2.23. The molecule has 2 heterocycles. The summed E-state index contributed by atoms with van der Waals surface area (Å²) in [7, 11) is 0. The first-order valence-corrected chi connectivity index (χ1v) is 7.13. The maximum Gasteiger partial charge on any atom is 0.262 e. The number of nitrogens with one attached hydrogen (secondary N) is 2. The number of pyridine rings is 1. The number of fused-ring (bicyclic) bond motifs is 1. The molecule has 112 valence electrons. The van der Waals surface area contributed by atoms with Gasteiger partial charge >= 0.3 is 0 Å². The van der Waals surface area contributed by atoms with Crippen LogP contribution in [0.5, 0.6) is 0 Å². The van der Waals surface area contributed by atoms with Crippen LogP contribution >= 0.6 is 0 Å². The number of carbonyl (C=O) groups excluding carboxylic acids is 1. The number of aromatic amines is 1. The van der Waals surface area contributed by atoms with Crippen molar-refractivity contribution in [3.63, 3.8) is 0 Å². The van der Waals surface area contributed by atoms with Crippen molar-refractivity contribution in [1.29, 1.82) is 5.26 Å². The number of nitriles is 1. The van der Waals surface area contributed by atoms with Crippen LogP contribution in [0, 0.1) is 11.3 Å². The summed E-state index contributed by atoms with van der Waals surface area (Å²) < 4.78 is 0. The van der Waals surface area contributed by atoms with Crippen molar-refractivity contribution in [2.45, 2.75) is 6.54 Å². The Balaban J connectivity index is 1.79. The van der Waals surface area contributed by atoms with E-state index in [0.29, 0.717) is 6.54 Å². The first-order chi connectivity index (χ1) is 11.3. The lowest BCUT2D eigenvalue weighted by molar-refractivity contribution is -0.117. The van der Waals surface area contributed by atoms with Gasteiger partial charge in [0.1, 0.15) is 11.6 Å². The summed E-state index contributed by atoms with van der Waals surface area (Å²) in [6.45, 7) is 0.355. The SMILES string of the molecule is N#C/C(=C\c1c[nH]c2ccccc12)C(=O)NCc1ccncc1. The van der Waals surface area contributed by atoms with Gasteiger partial charge in [-0.3, -0.25) is 9.78 Å². The molecule has 0 fully saturated rings. The summed E-state index contributed by atoms with van der Waals surface area (Å²) in [6, 6.07) is 13.3. The number of aromatic nitrogens is 2. The molecule has 0 aliphatic heterocycles. The smallest absolute Gasteiger partial charge is 0.262 e. The van der Waals surface area contributed by atoms with Gasteiger partial charge in [0, 0.05) is 41.6 Å². The van der Waals surface area contributed by atoms with E-state index in [1.54, 1.807) is 24.7 Å². The van der Waals surface area contributed by atoms with Crippen molar-refractivity contribution in [1.82, 2.24) is 15.3 Å². The van der Waals surface area contributed by atoms with Gasteiger partial charge in [0.15, 0.2) is 0 Å². The summed E-state index contributed by atoms with van der Waals surface area (Å²) in [5.74, 6) is -0.394. The van der Waals surface area contributed by atoms with Crippen molar-refractivity contribution >= 4 is 22.9 Å². The van der Waals surface area contributed by atoms with Gasteiger partial charge in [0.2, 0.25) is 0 Å². The average molecular weight is 302 g/mol. The van der Waals surface area contributed by atoms with Crippen LogP contribution in [0.1, 0.15) is 11.1 Å². The number of para-hydroxylation sites is 1. The topological polar surface area (TPSA) is 81.6 Å². The van der Waals surface area contributed by atoms with Gasteiger partial charge in [-0.2, -0.15) is 5.26 Å². The van der Waals surface area contributed by atoms with Crippen molar-refractivity contribution in [3.8, 4) is 6.07 Å². The molecule has 0 spiro atoms. The van der Waals surface area contributed by atoms with E-state index in [4.69, 9.17) is 0 Å². The number of carbonyl (C=O) groups is 1. The lowest BCUT2D eigenvalue weighted by Gasteiger charge is -2.04. The highest BCUT2D eigenvalue weighted by Gasteiger charge is 2.10. The third kappa shape index (κ3) is 3.27. The molecular formula is C18H14N4O. The predicted molar refractivity (Wildman–Crippen MR) is 88.0 cm³/mol. The first kappa shape index (κ1) is 14.5. The van der Waals surface area contributed by atoms with E-state index < -0.39 is 5.91 Å². The second-order valence-corrected chi connectivity index (χ2v) is 5.00. The van der Waals surface area contributed by atoms with E-state index >= 15 is 0 Å². The number of rotatable bonds is 4. The largest absolute Gasteiger partial charge is 0.361 e. The van der Waals surface area contributed by atoms with Gasteiger partial charge in [0.05, 0.1) is 0 Å². The van der Waals surface area contributed by atoms with E-state index in [0.717, 1.165) is 22.0 Å². The summed E-state index contributed by atoms with van der Waals surface area (Å²) in [4.78, 5) is 19.2. The Kier molecular flexibility index (Phi) is 4.16. The molecule has 5 nitrogen and oxygen atoms in total. The Bertz CT molecular complexity index is 903. The molecule has 0 unspecified atom stereocenters. The van der Waals surface area contributed by atoms with Crippen molar-refractivity contribution in [3.05, 3.63) is 71.7 Å². The fraction of sp³-hybridized carbons (Fsp3) is 0.0556. The van der Waals surface area contributed by atoms with E-state index in [2.05, 4.69) is 15.3 Å². The molecule has 0 bridgehead atoms. The molecule has 0 saturated heterocycles. The van der Waals surface area contributed by atoms with Crippen LogP contribution < -0.4 is 5.32 Å². The van der Waals surface area contributed by atoms with E-state index in [-0.39, 0.29) is 5.57 Å². The van der Waals surface area contributed by atoms with Crippen LogP contribution in [0.15, 0.2) is 60.6 Å². The molecular weight excluding hydrogens is 288 g/mol. The molecule has 3 rings (SSSR count). The Morgan fingerprint density at radius 1 is 1.26 bits per heavy atom. The van der Waals surface area contributed by atoms with Gasteiger partial charge < -0.3 is 10.3 Å². The molecule has 0 radical (unpaired) electrons. The minimum atomic E-state index is -0.394. The highest BCUT2D eigenvalue weighted by Crippen LogP contribution is 2.20. The molecule has 23 heavy (non-hydrogen) atoms. The molecule has 0 aliphatic rings. The van der Waals surface area contributed by atoms with Gasteiger partial charge in [-0.05, 0) is 29.8 Å². The maximum absolute atomic E-state index is 12.2. The molecule has 2 aromatic heterocycles. The zero-order valence-corrected chi connectivity index (χ0v) is 12.3. The predicted octanol–water partition coefficient (Wildman–Crippen LogP) is 2.79. The maximum atomic E-state index is 12.2. The lowest BCUT2D eigenvalue weighted by atomic mass is 10.1. The van der Waals surface area contributed by atoms with Crippen LogP contribution in [0.3, 0.4) is 0 Å². The summed E-state index contributed by atoms with van der Waals surface area (Å²) in [5.41, 5.74) is 2.78. The second-order valence-electron chi connectivity index (χ2n) is 5.00. The van der Waals surface area contributed by atoms with E-state index in [1.165, 1.54) is 0 Å². The number of hydrogen-bond donors (Lipinski definition) is 2. The molecule has 0 aliphatic carbocycles. The quantitative estimate of drug-likeness (QED) is 0.574. The second kappa shape index (κ2) is 6.58. The number of amides is 1. The molecule has 1 amide bonds. The summed E-state index contributed by atoms with van der Waals surface area (Å²) in [6.07, 6.45) is 6.71. The Morgan fingerprint density at radius 2 is 2.04 bits per heavy atom. The number of H-pyrrole nitrogens is 1. The van der Waals surface area contributed by atoms with Crippen LogP contribution in [-0.2, 0) is 11.3 Å². The van der Waals surface area contributed by atoms with Gasteiger partial charge in [0.25, 0.3) is 5.91 Å². The van der Waals surface area contributed by atoms with Gasteiger partial charge in [-0.25, -0.2) is 0 Å². The van der Waals surface area contributed by atoms with E-state index in [9.17, 15) is 10.1 Å². The first-order valence-electron chi connectivity index (χ1n) is 7.13. The Labute approximate surface area is 133 Å². The molecule has 1 aromatic carbocycles. The molecule has 5 heteroatoms. The van der Waals surface area contributed by atoms with Crippen molar-refractivity contribution in [2.24, 2.45) is 0 Å². The third-order valence-electron chi connectivity index (χ3n) is 3.49. The Hall–Kier alpha value is -3.39. The number of nitrogens with zero attached hydrogens (tertiary/aromatic N) is 2. The van der Waals surface area contributed by atoms with E-state index in [1.807, 2.05) is 42.5 Å². The monoisotopic (exact) mass is 302 g/mol. The fourth-order valence-electron chi connectivity index (χ4n) is 2.30. The molecule has 0 atom stereocenters. The van der Waals surface area contributed by atoms with Crippen LogP contribution in [-0.4, -0.2) is 15.9 Å². The minimum Gasteiger partial charge on any atom is -0.361 e. The molecule has 0 saturated carbocycles. The highest BCUT2D eigenvalue weighted by atomic mass is 16.1. The third-order valence-corrected chi connectivity index (χ3v) is 3.49. The fourth-order valence-corrected chi connectivity index (χ4v) is 2.30. The average Bonchev–Trinajstić information content (AvgIpc) is 3.01. The zero-order chi connectivity index (χ0) is 16.1. The zero-order valence-electron chi connectivity index (χ0n) is 12.3. The van der Waals surface area contributed by atoms with Crippen molar-refractivity contribution < 1.29 is 4.79 Å². The summed E-state index contributed by atoms with van der Waals surface area (Å²) in [5, 5.41) is 13.0. The van der Waals surface area contributed by atoms with Gasteiger partial charge in [-0.1, -0.05) is 18.2 Å². The Morgan fingerprint density at radius 3 is 2.83 bits per heavy atom. The van der Waals surface area contributed by atoms with Gasteiger partial charge in [-0.15, -0.1) is 0 Å². The van der Waals surface area contributed by atoms with Crippen LogP contribution in [0.2, 0.25) is 0 Å². The molecule has 2 N–H and O–H groups in total.